The number of hydrogen-bond acceptors (Lipinski definition) is 6. The summed E-state index contributed by atoms with van der Waals surface area (Å²) in [5.74, 6) is -0.996. The van der Waals surface area contributed by atoms with Gasteiger partial charge in [-0.25, -0.2) is 0 Å². The molecule has 3 aromatic carbocycles. The molecule has 2 N–H and O–H groups in total. The summed E-state index contributed by atoms with van der Waals surface area (Å²) < 4.78 is 5.07. The minimum Gasteiger partial charge on any atom is -0.385 e. The largest absolute Gasteiger partial charge is 0.385 e. The highest BCUT2D eigenvalue weighted by molar-refractivity contribution is 8.04. The molecule has 7 nitrogen and oxygen atoms in total. The molecule has 184 valence electrons. The zero-order valence-electron chi connectivity index (χ0n) is 19.5. The van der Waals surface area contributed by atoms with E-state index in [4.69, 9.17) is 16.3 Å². The number of methoxy groups -OCH3 is 1. The minimum atomic E-state index is -0.368. The van der Waals surface area contributed by atoms with Crippen LogP contribution in [0, 0.1) is 0 Å². The van der Waals surface area contributed by atoms with E-state index in [2.05, 4.69) is 10.6 Å². The van der Waals surface area contributed by atoms with Crippen LogP contribution in [-0.4, -0.2) is 42.9 Å². The molecule has 0 radical (unpaired) electrons. The molecule has 1 aliphatic rings. The van der Waals surface area contributed by atoms with E-state index in [1.165, 1.54) is 16.7 Å². The molecule has 0 spiro atoms. The standard InChI is InChI=1S/C27H24ClN3O4S/c1-35-16-6-15-31-26(33)23(29-20-9-3-2-4-10-20)24(27(31)34)36-22-13-11-21(12-14-22)30-25(32)18-7-5-8-19(28)17-18/h2-5,7-14,17,29H,6,15-16H2,1H3,(H,30,32). The van der Waals surface area contributed by atoms with Gasteiger partial charge in [0, 0.05) is 47.1 Å². The first-order valence-electron chi connectivity index (χ1n) is 11.2. The number of thioether (sulfide) groups is 1. The predicted octanol–water partition coefficient (Wildman–Crippen LogP) is 5.41. The van der Waals surface area contributed by atoms with Crippen molar-refractivity contribution in [1.82, 2.24) is 4.90 Å². The van der Waals surface area contributed by atoms with Crippen molar-refractivity contribution in [2.45, 2.75) is 11.3 Å². The van der Waals surface area contributed by atoms with Gasteiger partial charge in [-0.15, -0.1) is 0 Å². The second-order valence-corrected chi connectivity index (χ2v) is 9.41. The van der Waals surface area contributed by atoms with Gasteiger partial charge in [-0.05, 0) is 61.0 Å². The lowest BCUT2D eigenvalue weighted by atomic mass is 10.2. The number of imide groups is 1. The molecule has 0 unspecified atom stereocenters. The number of halogens is 1. The number of hydrogen-bond donors (Lipinski definition) is 2. The first-order valence-corrected chi connectivity index (χ1v) is 12.4. The number of benzene rings is 3. The summed E-state index contributed by atoms with van der Waals surface area (Å²) in [7, 11) is 1.58. The highest BCUT2D eigenvalue weighted by Crippen LogP contribution is 2.36. The summed E-state index contributed by atoms with van der Waals surface area (Å²) >= 11 is 7.17. The number of ether oxygens (including phenoxy) is 1. The Hall–Kier alpha value is -3.59. The molecule has 0 saturated heterocycles. The molecule has 0 aromatic heterocycles. The van der Waals surface area contributed by atoms with E-state index in [9.17, 15) is 14.4 Å². The Morgan fingerprint density at radius 3 is 2.39 bits per heavy atom. The van der Waals surface area contributed by atoms with Crippen molar-refractivity contribution in [2.24, 2.45) is 0 Å². The fourth-order valence-corrected chi connectivity index (χ4v) is 4.69. The van der Waals surface area contributed by atoms with Gasteiger partial charge >= 0.3 is 0 Å². The maximum absolute atomic E-state index is 13.2. The lowest BCUT2D eigenvalue weighted by molar-refractivity contribution is -0.137. The third kappa shape index (κ3) is 6.15. The lowest BCUT2D eigenvalue weighted by Gasteiger charge is -2.14. The lowest BCUT2D eigenvalue weighted by Crippen LogP contribution is -2.33. The van der Waals surface area contributed by atoms with Crippen LogP contribution in [0.5, 0.6) is 0 Å². The molecule has 36 heavy (non-hydrogen) atoms. The van der Waals surface area contributed by atoms with E-state index in [0.29, 0.717) is 39.9 Å². The summed E-state index contributed by atoms with van der Waals surface area (Å²) in [6.07, 6.45) is 0.547. The average molecular weight is 522 g/mol. The highest BCUT2D eigenvalue weighted by Gasteiger charge is 2.38. The van der Waals surface area contributed by atoms with Crippen LogP contribution in [0.1, 0.15) is 16.8 Å². The molecule has 1 heterocycles. The summed E-state index contributed by atoms with van der Waals surface area (Å²) in [5.41, 5.74) is 2.00. The van der Waals surface area contributed by atoms with Crippen LogP contribution in [-0.2, 0) is 14.3 Å². The number of carbonyl (C=O) groups is 3. The van der Waals surface area contributed by atoms with Crippen molar-refractivity contribution in [1.29, 1.82) is 0 Å². The van der Waals surface area contributed by atoms with Gasteiger partial charge in [0.15, 0.2) is 0 Å². The van der Waals surface area contributed by atoms with Crippen LogP contribution in [0.2, 0.25) is 5.02 Å². The third-order valence-electron chi connectivity index (χ3n) is 5.32. The Bertz CT molecular complexity index is 1300. The number of carbonyl (C=O) groups excluding carboxylic acids is 3. The van der Waals surface area contributed by atoms with E-state index in [0.717, 1.165) is 4.90 Å². The smallest absolute Gasteiger partial charge is 0.278 e. The molecule has 1 aliphatic heterocycles. The first kappa shape index (κ1) is 25.5. The Balaban J connectivity index is 1.52. The molecule has 3 amide bonds. The molecule has 0 fully saturated rings. The van der Waals surface area contributed by atoms with E-state index in [1.54, 1.807) is 55.6 Å². The average Bonchev–Trinajstić information content (AvgIpc) is 3.10. The van der Waals surface area contributed by atoms with Crippen LogP contribution < -0.4 is 10.6 Å². The van der Waals surface area contributed by atoms with Crippen LogP contribution in [0.15, 0.2) is 94.4 Å². The number of amides is 3. The maximum Gasteiger partial charge on any atom is 0.278 e. The van der Waals surface area contributed by atoms with Gasteiger partial charge in [-0.3, -0.25) is 19.3 Å². The van der Waals surface area contributed by atoms with E-state index < -0.39 is 0 Å². The van der Waals surface area contributed by atoms with Gasteiger partial charge in [0.25, 0.3) is 17.7 Å². The van der Waals surface area contributed by atoms with Crippen LogP contribution in [0.3, 0.4) is 0 Å². The van der Waals surface area contributed by atoms with Gasteiger partial charge in [0.1, 0.15) is 10.6 Å². The van der Waals surface area contributed by atoms with E-state index in [-0.39, 0.29) is 30.0 Å². The Labute approximate surface area is 218 Å². The number of anilines is 2. The topological polar surface area (TPSA) is 87.7 Å². The van der Waals surface area contributed by atoms with E-state index >= 15 is 0 Å². The maximum atomic E-state index is 13.2. The molecule has 0 aliphatic carbocycles. The summed E-state index contributed by atoms with van der Waals surface area (Å²) in [6, 6.07) is 23.0. The molecule has 3 aromatic rings. The number of nitrogens with one attached hydrogen (secondary N) is 2. The number of rotatable bonds is 10. The monoisotopic (exact) mass is 521 g/mol. The summed E-state index contributed by atoms with van der Waals surface area (Å²) in [5, 5.41) is 6.43. The number of nitrogens with zero attached hydrogens (tertiary/aromatic N) is 1. The van der Waals surface area contributed by atoms with Gasteiger partial charge in [-0.1, -0.05) is 47.6 Å². The molecule has 0 bridgehead atoms. The third-order valence-corrected chi connectivity index (χ3v) is 6.64. The zero-order valence-corrected chi connectivity index (χ0v) is 21.1. The predicted molar refractivity (Wildman–Crippen MR) is 142 cm³/mol. The van der Waals surface area contributed by atoms with Crippen molar-refractivity contribution in [3.63, 3.8) is 0 Å². The molecular weight excluding hydrogens is 498 g/mol. The fourth-order valence-electron chi connectivity index (χ4n) is 3.55. The molecule has 0 atom stereocenters. The van der Waals surface area contributed by atoms with Gasteiger partial charge < -0.3 is 15.4 Å². The molecule has 9 heteroatoms. The Morgan fingerprint density at radius 1 is 0.944 bits per heavy atom. The van der Waals surface area contributed by atoms with Crippen LogP contribution in [0.4, 0.5) is 11.4 Å². The molecular formula is C27H24ClN3O4S. The van der Waals surface area contributed by atoms with Crippen molar-refractivity contribution < 1.29 is 19.1 Å². The Morgan fingerprint density at radius 2 is 1.69 bits per heavy atom. The van der Waals surface area contributed by atoms with Crippen molar-refractivity contribution in [2.75, 3.05) is 30.9 Å². The van der Waals surface area contributed by atoms with Crippen molar-refractivity contribution in [3.05, 3.63) is 100 Å². The van der Waals surface area contributed by atoms with Crippen molar-refractivity contribution in [3.8, 4) is 0 Å². The summed E-state index contributed by atoms with van der Waals surface area (Å²) in [4.78, 5) is 41.1. The fraction of sp³-hybridized carbons (Fsp3) is 0.148. The first-order chi connectivity index (χ1) is 17.5. The van der Waals surface area contributed by atoms with Crippen LogP contribution in [0.25, 0.3) is 0 Å². The summed E-state index contributed by atoms with van der Waals surface area (Å²) in [6.45, 7) is 0.716. The van der Waals surface area contributed by atoms with Gasteiger partial charge in [0.2, 0.25) is 0 Å². The minimum absolute atomic E-state index is 0.243. The number of para-hydroxylation sites is 1. The van der Waals surface area contributed by atoms with Gasteiger partial charge in [0.05, 0.1) is 0 Å². The molecule has 4 rings (SSSR count). The SMILES string of the molecule is COCCCN1C(=O)C(Nc2ccccc2)=C(Sc2ccc(NC(=O)c3cccc(Cl)c3)cc2)C1=O. The zero-order chi connectivity index (χ0) is 25.5. The normalized spacial score (nSPS) is 13.3. The second kappa shape index (κ2) is 11.9. The van der Waals surface area contributed by atoms with Crippen LogP contribution >= 0.6 is 23.4 Å². The molecule has 0 saturated carbocycles. The quantitative estimate of drug-likeness (QED) is 0.274. The highest BCUT2D eigenvalue weighted by atomic mass is 35.5. The Kier molecular flexibility index (Phi) is 8.43. The second-order valence-electron chi connectivity index (χ2n) is 7.89. The van der Waals surface area contributed by atoms with Gasteiger partial charge in [-0.2, -0.15) is 0 Å². The van der Waals surface area contributed by atoms with E-state index in [1.807, 2.05) is 30.3 Å². The van der Waals surface area contributed by atoms with Crippen molar-refractivity contribution >= 4 is 52.5 Å².